The van der Waals surface area contributed by atoms with Gasteiger partial charge in [0.15, 0.2) is 0 Å². The predicted molar refractivity (Wildman–Crippen MR) is 94.5 cm³/mol. The van der Waals surface area contributed by atoms with E-state index in [4.69, 9.17) is 4.74 Å². The third kappa shape index (κ3) is 3.93. The minimum atomic E-state index is -3.67. The van der Waals surface area contributed by atoms with Gasteiger partial charge in [-0.3, -0.25) is 4.79 Å². The number of piperazine rings is 1. The second-order valence-corrected chi connectivity index (χ2v) is 9.34. The van der Waals surface area contributed by atoms with Crippen LogP contribution in [0.1, 0.15) is 23.2 Å². The fourth-order valence-corrected chi connectivity index (χ4v) is 5.88. The number of esters is 1. The van der Waals surface area contributed by atoms with Crippen LogP contribution in [-0.2, 0) is 24.3 Å². The van der Waals surface area contributed by atoms with Crippen molar-refractivity contribution in [1.82, 2.24) is 9.21 Å². The van der Waals surface area contributed by atoms with Crippen LogP contribution in [-0.4, -0.2) is 76.0 Å². The van der Waals surface area contributed by atoms with Crippen molar-refractivity contribution in [3.05, 3.63) is 17.0 Å². The molecule has 0 saturated carbocycles. The molecule has 0 radical (unpaired) electrons. The number of rotatable bonds is 4. The number of nitrogens with zero attached hydrogens (tertiary/aromatic N) is 2. The highest BCUT2D eigenvalue weighted by molar-refractivity contribution is 7.91. The van der Waals surface area contributed by atoms with E-state index in [1.807, 2.05) is 0 Å². The molecule has 2 aliphatic rings. The van der Waals surface area contributed by atoms with E-state index in [1.165, 1.54) is 22.9 Å². The molecule has 0 aromatic carbocycles. The first-order chi connectivity index (χ1) is 12.4. The van der Waals surface area contributed by atoms with Crippen LogP contribution in [0.2, 0.25) is 0 Å². The molecule has 8 nitrogen and oxygen atoms in total. The van der Waals surface area contributed by atoms with Gasteiger partial charge in [0.2, 0.25) is 5.91 Å². The third-order valence-corrected chi connectivity index (χ3v) is 8.03. The number of ether oxygens (including phenoxy) is 2. The normalized spacial score (nSPS) is 20.1. The fraction of sp³-hybridized carbons (Fsp3) is 0.625. The molecule has 1 amide bonds. The van der Waals surface area contributed by atoms with Crippen molar-refractivity contribution in [3.63, 3.8) is 0 Å². The van der Waals surface area contributed by atoms with Crippen molar-refractivity contribution in [3.8, 4) is 0 Å². The van der Waals surface area contributed by atoms with Gasteiger partial charge in [0.05, 0.1) is 12.7 Å². The molecule has 26 heavy (non-hydrogen) atoms. The predicted octanol–water partition coefficient (Wildman–Crippen LogP) is 0.794. The van der Waals surface area contributed by atoms with E-state index in [9.17, 15) is 18.0 Å². The van der Waals surface area contributed by atoms with Crippen molar-refractivity contribution in [2.45, 2.75) is 17.1 Å². The summed E-state index contributed by atoms with van der Waals surface area (Å²) in [7, 11) is -2.42. The van der Waals surface area contributed by atoms with Crippen molar-refractivity contribution in [1.29, 1.82) is 0 Å². The number of thiophene rings is 1. The summed E-state index contributed by atoms with van der Waals surface area (Å²) in [6.07, 6.45) is 1.45. The van der Waals surface area contributed by atoms with E-state index < -0.39 is 16.0 Å². The molecule has 1 aromatic heterocycles. The summed E-state index contributed by atoms with van der Waals surface area (Å²) in [6, 6.07) is 1.34. The Morgan fingerprint density at radius 1 is 1.19 bits per heavy atom. The maximum atomic E-state index is 12.8. The molecule has 2 fully saturated rings. The average molecular weight is 402 g/mol. The molecule has 0 spiro atoms. The van der Waals surface area contributed by atoms with Gasteiger partial charge in [0.1, 0.15) is 4.21 Å². The molecule has 2 saturated heterocycles. The Bertz CT molecular complexity index is 761. The molecule has 0 atom stereocenters. The standard InChI is InChI=1S/C16H22N2O6S2/c1-23-16(20)13-10-14(25-11-13)26(21,22)18-6-4-17(5-7-18)15(19)12-2-8-24-9-3-12/h10-12H,2-9H2,1H3. The molecule has 0 N–H and O–H groups in total. The maximum Gasteiger partial charge on any atom is 0.338 e. The van der Waals surface area contributed by atoms with Crippen molar-refractivity contribution in [2.24, 2.45) is 5.92 Å². The van der Waals surface area contributed by atoms with Gasteiger partial charge >= 0.3 is 5.97 Å². The van der Waals surface area contributed by atoms with Crippen LogP contribution >= 0.6 is 11.3 Å². The first kappa shape index (κ1) is 19.3. The van der Waals surface area contributed by atoms with Crippen molar-refractivity contribution in [2.75, 3.05) is 46.5 Å². The zero-order valence-corrected chi connectivity index (χ0v) is 16.2. The molecule has 2 aliphatic heterocycles. The van der Waals surface area contributed by atoms with E-state index in [0.29, 0.717) is 26.3 Å². The van der Waals surface area contributed by atoms with E-state index >= 15 is 0 Å². The minimum absolute atomic E-state index is 0.0215. The molecule has 10 heteroatoms. The lowest BCUT2D eigenvalue weighted by Gasteiger charge is -2.36. The molecule has 3 heterocycles. The van der Waals surface area contributed by atoms with Crippen LogP contribution < -0.4 is 0 Å². The minimum Gasteiger partial charge on any atom is -0.465 e. The Morgan fingerprint density at radius 3 is 2.46 bits per heavy atom. The Balaban J connectivity index is 1.62. The van der Waals surface area contributed by atoms with Crippen molar-refractivity contribution < 1.29 is 27.5 Å². The molecule has 1 aromatic rings. The third-order valence-electron chi connectivity index (χ3n) is 4.71. The quantitative estimate of drug-likeness (QED) is 0.692. The SMILES string of the molecule is COC(=O)c1csc(S(=O)(=O)N2CCN(C(=O)C3CCOCC3)CC2)c1. The fourth-order valence-electron chi connectivity index (χ4n) is 3.16. The monoisotopic (exact) mass is 402 g/mol. The van der Waals surface area contributed by atoms with E-state index in [-0.39, 0.29) is 34.7 Å². The van der Waals surface area contributed by atoms with Crippen LogP contribution in [0.3, 0.4) is 0 Å². The number of carbonyl (C=O) groups is 2. The zero-order chi connectivity index (χ0) is 18.7. The summed E-state index contributed by atoms with van der Waals surface area (Å²) in [5.74, 6) is -0.490. The van der Waals surface area contributed by atoms with E-state index in [0.717, 1.165) is 24.2 Å². The highest BCUT2D eigenvalue weighted by Gasteiger charge is 2.34. The number of amides is 1. The molecule has 3 rings (SSSR count). The second kappa shape index (κ2) is 8.03. The Kier molecular flexibility index (Phi) is 5.96. The molecule has 0 unspecified atom stereocenters. The summed E-state index contributed by atoms with van der Waals surface area (Å²) in [5.41, 5.74) is 0.226. The van der Waals surface area contributed by atoms with Gasteiger partial charge in [-0.05, 0) is 18.9 Å². The topological polar surface area (TPSA) is 93.2 Å². The summed E-state index contributed by atoms with van der Waals surface area (Å²) in [6.45, 7) is 2.47. The number of hydrogen-bond acceptors (Lipinski definition) is 7. The summed E-state index contributed by atoms with van der Waals surface area (Å²) < 4.78 is 36.9. The van der Waals surface area contributed by atoms with Crippen LogP contribution in [0.25, 0.3) is 0 Å². The van der Waals surface area contributed by atoms with Crippen molar-refractivity contribution >= 4 is 33.2 Å². The largest absolute Gasteiger partial charge is 0.465 e. The van der Waals surface area contributed by atoms with Crippen LogP contribution in [0, 0.1) is 5.92 Å². The number of hydrogen-bond donors (Lipinski definition) is 0. The summed E-state index contributed by atoms with van der Waals surface area (Å²) >= 11 is 0.999. The number of carbonyl (C=O) groups excluding carboxylic acids is 2. The number of sulfonamides is 1. The van der Waals surface area contributed by atoms with Crippen LogP contribution in [0.4, 0.5) is 0 Å². The molecular weight excluding hydrogens is 380 g/mol. The van der Waals surface area contributed by atoms with Gasteiger partial charge in [-0.2, -0.15) is 4.31 Å². The smallest absolute Gasteiger partial charge is 0.338 e. The molecule has 0 bridgehead atoms. The average Bonchev–Trinajstić information content (AvgIpc) is 3.18. The maximum absolute atomic E-state index is 12.8. The van der Waals surface area contributed by atoms with Gasteiger partial charge < -0.3 is 14.4 Å². The summed E-state index contributed by atoms with van der Waals surface area (Å²) in [5, 5.41) is 1.48. The van der Waals surface area contributed by atoms with Gasteiger partial charge in [-0.1, -0.05) is 0 Å². The van der Waals surface area contributed by atoms with Gasteiger partial charge in [0, 0.05) is 50.7 Å². The van der Waals surface area contributed by atoms with E-state index in [1.54, 1.807) is 4.90 Å². The highest BCUT2D eigenvalue weighted by atomic mass is 32.2. The Labute approximate surface area is 156 Å². The van der Waals surface area contributed by atoms with Gasteiger partial charge in [0.25, 0.3) is 10.0 Å². The molecule has 0 aliphatic carbocycles. The number of methoxy groups -OCH3 is 1. The molecular formula is C16H22N2O6S2. The van der Waals surface area contributed by atoms with Crippen LogP contribution in [0.5, 0.6) is 0 Å². The Morgan fingerprint density at radius 2 is 1.85 bits per heavy atom. The first-order valence-corrected chi connectivity index (χ1v) is 10.8. The first-order valence-electron chi connectivity index (χ1n) is 8.47. The lowest BCUT2D eigenvalue weighted by Crippen LogP contribution is -2.52. The lowest BCUT2D eigenvalue weighted by atomic mass is 9.98. The zero-order valence-electron chi connectivity index (χ0n) is 14.5. The van der Waals surface area contributed by atoms with Gasteiger partial charge in [-0.15, -0.1) is 11.3 Å². The van der Waals surface area contributed by atoms with Gasteiger partial charge in [-0.25, -0.2) is 13.2 Å². The summed E-state index contributed by atoms with van der Waals surface area (Å²) in [4.78, 5) is 25.8. The second-order valence-electron chi connectivity index (χ2n) is 6.26. The highest BCUT2D eigenvalue weighted by Crippen LogP contribution is 2.26. The Hall–Kier alpha value is -1.49. The van der Waals surface area contributed by atoms with E-state index in [2.05, 4.69) is 4.74 Å². The lowest BCUT2D eigenvalue weighted by molar-refractivity contribution is -0.139. The molecule has 144 valence electrons. The van der Waals surface area contributed by atoms with Crippen LogP contribution in [0.15, 0.2) is 15.7 Å².